The summed E-state index contributed by atoms with van der Waals surface area (Å²) in [7, 11) is 1.92. The fourth-order valence-corrected chi connectivity index (χ4v) is 1.76. The van der Waals surface area contributed by atoms with Gasteiger partial charge in [0.2, 0.25) is 5.91 Å². The van der Waals surface area contributed by atoms with Gasteiger partial charge in [-0.1, -0.05) is 0 Å². The molecule has 1 unspecified atom stereocenters. The second-order valence-electron chi connectivity index (χ2n) is 3.80. The summed E-state index contributed by atoms with van der Waals surface area (Å²) in [6.07, 6.45) is 9.39. The van der Waals surface area contributed by atoms with Crippen LogP contribution in [0.3, 0.4) is 0 Å². The molecule has 1 amide bonds. The van der Waals surface area contributed by atoms with Crippen LogP contribution in [0.1, 0.15) is 12.2 Å². The number of rotatable bonds is 2. The number of amides is 1. The number of aromatic nitrogens is 2. The summed E-state index contributed by atoms with van der Waals surface area (Å²) in [4.78, 5) is 17.5. The van der Waals surface area contributed by atoms with E-state index in [0.717, 1.165) is 5.82 Å². The van der Waals surface area contributed by atoms with Gasteiger partial charge in [-0.25, -0.2) is 4.98 Å². The Hall–Kier alpha value is -1.76. The fourth-order valence-electron chi connectivity index (χ4n) is 1.76. The van der Waals surface area contributed by atoms with Crippen molar-refractivity contribution in [3.63, 3.8) is 0 Å². The average Bonchev–Trinajstić information content (AvgIpc) is 2.76. The molecule has 1 aliphatic heterocycles. The highest BCUT2D eigenvalue weighted by Crippen LogP contribution is 2.18. The summed E-state index contributed by atoms with van der Waals surface area (Å²) in [6, 6.07) is 0. The summed E-state index contributed by atoms with van der Waals surface area (Å²) in [5, 5.41) is 0. The molecule has 2 heterocycles. The molecule has 0 radical (unpaired) electrons. The first kappa shape index (κ1) is 9.78. The minimum absolute atomic E-state index is 0.0674. The lowest BCUT2D eigenvalue weighted by atomic mass is 10.1. The number of hydrogen-bond acceptors (Lipinski definition) is 2. The van der Waals surface area contributed by atoms with Gasteiger partial charge < -0.3 is 9.47 Å². The Morgan fingerprint density at radius 2 is 2.53 bits per heavy atom. The van der Waals surface area contributed by atoms with Crippen molar-refractivity contribution in [2.24, 2.45) is 13.0 Å². The number of likely N-dealkylation sites (tertiary alicyclic amines) is 1. The molecule has 0 spiro atoms. The molecule has 0 saturated carbocycles. The highest BCUT2D eigenvalue weighted by molar-refractivity contribution is 5.79. The summed E-state index contributed by atoms with van der Waals surface area (Å²) in [5.74, 6) is 3.71. The summed E-state index contributed by atoms with van der Waals surface area (Å²) >= 11 is 0. The topological polar surface area (TPSA) is 38.1 Å². The van der Waals surface area contributed by atoms with Crippen molar-refractivity contribution in [2.75, 3.05) is 6.54 Å². The number of carbonyl (C=O) groups is 1. The van der Waals surface area contributed by atoms with E-state index in [4.69, 9.17) is 6.42 Å². The van der Waals surface area contributed by atoms with Crippen LogP contribution in [-0.4, -0.2) is 26.9 Å². The second kappa shape index (κ2) is 3.77. The normalized spacial score (nSPS) is 20.7. The van der Waals surface area contributed by atoms with Crippen LogP contribution in [0, 0.1) is 18.3 Å². The molecule has 1 atom stereocenters. The van der Waals surface area contributed by atoms with Crippen LogP contribution < -0.4 is 0 Å². The maximum absolute atomic E-state index is 11.6. The standard InChI is InChI=1S/C11H13N3O/c1-3-9-6-11(15)14(7-9)8-10-12-4-5-13(10)2/h1,4-5,9H,6-8H2,2H3. The Labute approximate surface area is 88.9 Å². The molecule has 0 N–H and O–H groups in total. The Kier molecular flexibility index (Phi) is 2.46. The lowest BCUT2D eigenvalue weighted by Crippen LogP contribution is -2.26. The molecule has 1 saturated heterocycles. The summed E-state index contributed by atoms with van der Waals surface area (Å²) < 4.78 is 1.91. The van der Waals surface area contributed by atoms with E-state index >= 15 is 0 Å². The maximum Gasteiger partial charge on any atom is 0.224 e. The van der Waals surface area contributed by atoms with Gasteiger partial charge in [-0.3, -0.25) is 4.79 Å². The molecule has 15 heavy (non-hydrogen) atoms. The van der Waals surface area contributed by atoms with Crippen LogP contribution in [0.25, 0.3) is 0 Å². The van der Waals surface area contributed by atoms with Crippen molar-refractivity contribution >= 4 is 5.91 Å². The van der Waals surface area contributed by atoms with Crippen molar-refractivity contribution in [3.05, 3.63) is 18.2 Å². The predicted octanol–water partition coefficient (Wildman–Crippen LogP) is 0.402. The summed E-state index contributed by atoms with van der Waals surface area (Å²) in [6.45, 7) is 1.21. The zero-order valence-corrected chi connectivity index (χ0v) is 8.68. The Morgan fingerprint density at radius 3 is 3.07 bits per heavy atom. The molecule has 0 aromatic carbocycles. The van der Waals surface area contributed by atoms with E-state index in [1.807, 2.05) is 17.8 Å². The largest absolute Gasteiger partial charge is 0.337 e. The minimum Gasteiger partial charge on any atom is -0.337 e. The molecule has 78 valence electrons. The number of carbonyl (C=O) groups excluding carboxylic acids is 1. The Balaban J connectivity index is 2.05. The van der Waals surface area contributed by atoms with Gasteiger partial charge in [-0.05, 0) is 0 Å². The monoisotopic (exact) mass is 203 g/mol. The smallest absolute Gasteiger partial charge is 0.224 e. The van der Waals surface area contributed by atoms with E-state index in [1.54, 1.807) is 11.1 Å². The lowest BCUT2D eigenvalue weighted by Gasteiger charge is -2.15. The van der Waals surface area contributed by atoms with Gasteiger partial charge in [0.05, 0.1) is 6.54 Å². The van der Waals surface area contributed by atoms with Gasteiger partial charge in [-0.2, -0.15) is 0 Å². The Bertz CT molecular complexity index is 416. The van der Waals surface area contributed by atoms with Gasteiger partial charge in [0, 0.05) is 38.3 Å². The first-order valence-electron chi connectivity index (χ1n) is 4.91. The zero-order valence-electron chi connectivity index (χ0n) is 8.68. The van der Waals surface area contributed by atoms with E-state index < -0.39 is 0 Å². The Morgan fingerprint density at radius 1 is 1.73 bits per heavy atom. The van der Waals surface area contributed by atoms with Crippen molar-refractivity contribution in [1.82, 2.24) is 14.5 Å². The van der Waals surface area contributed by atoms with E-state index in [0.29, 0.717) is 19.5 Å². The molecular formula is C11H13N3O. The highest BCUT2D eigenvalue weighted by Gasteiger charge is 2.28. The minimum atomic E-state index is 0.0674. The fraction of sp³-hybridized carbons (Fsp3) is 0.455. The van der Waals surface area contributed by atoms with E-state index in [9.17, 15) is 4.79 Å². The van der Waals surface area contributed by atoms with Crippen LogP contribution in [0.15, 0.2) is 12.4 Å². The number of imidazole rings is 1. The molecule has 0 aliphatic carbocycles. The molecule has 1 fully saturated rings. The molecule has 1 aromatic heterocycles. The average molecular weight is 203 g/mol. The summed E-state index contributed by atoms with van der Waals surface area (Å²) in [5.41, 5.74) is 0. The third-order valence-corrected chi connectivity index (χ3v) is 2.70. The number of nitrogens with zero attached hydrogens (tertiary/aromatic N) is 3. The van der Waals surface area contributed by atoms with Gasteiger partial charge in [0.25, 0.3) is 0 Å². The molecule has 2 rings (SSSR count). The first-order valence-corrected chi connectivity index (χ1v) is 4.91. The van der Waals surface area contributed by atoms with Crippen LogP contribution in [0.2, 0.25) is 0 Å². The van der Waals surface area contributed by atoms with Crippen LogP contribution >= 0.6 is 0 Å². The van der Waals surface area contributed by atoms with Crippen molar-refractivity contribution in [2.45, 2.75) is 13.0 Å². The van der Waals surface area contributed by atoms with E-state index in [2.05, 4.69) is 10.9 Å². The zero-order chi connectivity index (χ0) is 10.8. The van der Waals surface area contributed by atoms with Gasteiger partial charge >= 0.3 is 0 Å². The van der Waals surface area contributed by atoms with Crippen molar-refractivity contribution < 1.29 is 4.79 Å². The van der Waals surface area contributed by atoms with Crippen LogP contribution in [0.5, 0.6) is 0 Å². The number of terminal acetylenes is 1. The molecule has 4 nitrogen and oxygen atoms in total. The first-order chi connectivity index (χ1) is 7.20. The lowest BCUT2D eigenvalue weighted by molar-refractivity contribution is -0.128. The molecule has 1 aliphatic rings. The molecular weight excluding hydrogens is 190 g/mol. The van der Waals surface area contributed by atoms with Gasteiger partial charge in [0.15, 0.2) is 0 Å². The molecule has 1 aromatic rings. The number of aryl methyl sites for hydroxylation is 1. The molecule has 4 heteroatoms. The highest BCUT2D eigenvalue weighted by atomic mass is 16.2. The third-order valence-electron chi connectivity index (χ3n) is 2.70. The van der Waals surface area contributed by atoms with Crippen LogP contribution in [0.4, 0.5) is 0 Å². The quantitative estimate of drug-likeness (QED) is 0.653. The van der Waals surface area contributed by atoms with Crippen molar-refractivity contribution in [1.29, 1.82) is 0 Å². The maximum atomic E-state index is 11.6. The van der Waals surface area contributed by atoms with E-state index in [-0.39, 0.29) is 11.8 Å². The predicted molar refractivity (Wildman–Crippen MR) is 55.6 cm³/mol. The SMILES string of the molecule is C#CC1CC(=O)N(Cc2nccn2C)C1. The van der Waals surface area contributed by atoms with Gasteiger partial charge in [-0.15, -0.1) is 12.3 Å². The molecule has 0 bridgehead atoms. The number of hydrogen-bond donors (Lipinski definition) is 0. The van der Waals surface area contributed by atoms with Crippen LogP contribution in [-0.2, 0) is 18.4 Å². The second-order valence-corrected chi connectivity index (χ2v) is 3.80. The van der Waals surface area contributed by atoms with Gasteiger partial charge in [0.1, 0.15) is 5.82 Å². The van der Waals surface area contributed by atoms with Crippen molar-refractivity contribution in [3.8, 4) is 12.3 Å². The third kappa shape index (κ3) is 1.86. The van der Waals surface area contributed by atoms with E-state index in [1.165, 1.54) is 0 Å².